The largest absolute Gasteiger partial charge is 0.444 e. The van der Waals surface area contributed by atoms with Crippen molar-refractivity contribution in [2.24, 2.45) is 0 Å². The Morgan fingerprint density at radius 1 is 1.44 bits per heavy atom. The van der Waals surface area contributed by atoms with Gasteiger partial charge < -0.3 is 14.6 Å². The van der Waals surface area contributed by atoms with Gasteiger partial charge in [-0.25, -0.2) is 4.98 Å². The number of nitrogens with one attached hydrogen (secondary N) is 1. The van der Waals surface area contributed by atoms with E-state index in [0.717, 1.165) is 17.7 Å². The normalized spacial score (nSPS) is 30.3. The monoisotopic (exact) mass is 249 g/mol. The van der Waals surface area contributed by atoms with Gasteiger partial charge in [0.2, 0.25) is 5.89 Å². The Kier molecular flexibility index (Phi) is 3.39. The number of hydrogen-bond donors (Lipinski definition) is 1. The molecule has 1 N–H and O–H groups in total. The van der Waals surface area contributed by atoms with Crippen LogP contribution < -0.4 is 5.32 Å². The maximum atomic E-state index is 5.59. The summed E-state index contributed by atoms with van der Waals surface area (Å²) in [5.41, 5.74) is 0. The van der Waals surface area contributed by atoms with Crippen LogP contribution in [0.15, 0.2) is 10.6 Å². The number of aryl methyl sites for hydroxylation is 1. The molecule has 0 aliphatic carbocycles. The van der Waals surface area contributed by atoms with E-state index in [9.17, 15) is 0 Å². The van der Waals surface area contributed by atoms with Crippen molar-refractivity contribution in [2.75, 3.05) is 13.1 Å². The maximum absolute atomic E-state index is 5.59. The fourth-order valence-corrected chi connectivity index (χ4v) is 3.37. The lowest BCUT2D eigenvalue weighted by atomic mass is 9.97. The van der Waals surface area contributed by atoms with E-state index < -0.39 is 0 Å². The summed E-state index contributed by atoms with van der Waals surface area (Å²) in [4.78, 5) is 6.96. The molecule has 0 saturated carbocycles. The summed E-state index contributed by atoms with van der Waals surface area (Å²) in [6.45, 7) is 6.65. The molecule has 3 heterocycles. The lowest BCUT2D eigenvalue weighted by Crippen LogP contribution is -2.46. The fraction of sp³-hybridized carbons (Fsp3) is 0.786. The highest BCUT2D eigenvalue weighted by Gasteiger charge is 2.32. The number of aromatic nitrogens is 1. The van der Waals surface area contributed by atoms with E-state index in [2.05, 4.69) is 22.1 Å². The van der Waals surface area contributed by atoms with E-state index in [4.69, 9.17) is 4.42 Å². The number of hydrogen-bond acceptors (Lipinski definition) is 4. The van der Waals surface area contributed by atoms with Crippen LogP contribution in [-0.2, 0) is 0 Å². The van der Waals surface area contributed by atoms with Crippen molar-refractivity contribution in [3.8, 4) is 0 Å². The first kappa shape index (κ1) is 12.2. The highest BCUT2D eigenvalue weighted by atomic mass is 16.4. The minimum atomic E-state index is 0.219. The average Bonchev–Trinajstić information content (AvgIpc) is 2.96. The fourth-order valence-electron chi connectivity index (χ4n) is 3.37. The molecule has 2 fully saturated rings. The third-order valence-corrected chi connectivity index (χ3v) is 4.32. The molecule has 18 heavy (non-hydrogen) atoms. The molecule has 3 atom stereocenters. The SMILES string of the molecule is Cc1cnc(C(C)NC2CCN3CCCC3C2)o1. The second-order valence-electron chi connectivity index (χ2n) is 5.75. The second-order valence-corrected chi connectivity index (χ2v) is 5.75. The second kappa shape index (κ2) is 5.02. The van der Waals surface area contributed by atoms with Gasteiger partial charge in [-0.3, -0.25) is 0 Å². The summed E-state index contributed by atoms with van der Waals surface area (Å²) in [6, 6.07) is 1.65. The first-order valence-electron chi connectivity index (χ1n) is 7.15. The van der Waals surface area contributed by atoms with Gasteiger partial charge in [-0.2, -0.15) is 0 Å². The Morgan fingerprint density at radius 3 is 3.11 bits per heavy atom. The molecule has 0 amide bonds. The third kappa shape index (κ3) is 2.45. The third-order valence-electron chi connectivity index (χ3n) is 4.32. The molecule has 0 aromatic carbocycles. The van der Waals surface area contributed by atoms with Crippen molar-refractivity contribution in [1.82, 2.24) is 15.2 Å². The lowest BCUT2D eigenvalue weighted by Gasteiger charge is -2.36. The lowest BCUT2D eigenvalue weighted by molar-refractivity contribution is 0.159. The van der Waals surface area contributed by atoms with Crippen LogP contribution in [0.2, 0.25) is 0 Å². The van der Waals surface area contributed by atoms with Gasteiger partial charge in [0.1, 0.15) is 5.76 Å². The minimum Gasteiger partial charge on any atom is -0.444 e. The smallest absolute Gasteiger partial charge is 0.211 e. The summed E-state index contributed by atoms with van der Waals surface area (Å²) in [5, 5.41) is 3.68. The van der Waals surface area contributed by atoms with Crippen LogP contribution in [-0.4, -0.2) is 35.1 Å². The van der Waals surface area contributed by atoms with Gasteiger partial charge in [0.15, 0.2) is 0 Å². The number of fused-ring (bicyclic) bond motifs is 1. The van der Waals surface area contributed by atoms with Crippen LogP contribution in [0.3, 0.4) is 0 Å². The standard InChI is InChI=1S/C14H23N3O/c1-10-9-15-14(18-10)11(2)16-12-5-7-17-6-3-4-13(17)8-12/h9,11-13,16H,3-8H2,1-2H3. The van der Waals surface area contributed by atoms with Crippen molar-refractivity contribution in [3.05, 3.63) is 17.8 Å². The van der Waals surface area contributed by atoms with Gasteiger partial charge in [0, 0.05) is 12.1 Å². The Morgan fingerprint density at radius 2 is 2.33 bits per heavy atom. The molecule has 2 aliphatic rings. The number of nitrogens with zero attached hydrogens (tertiary/aromatic N) is 2. The van der Waals surface area contributed by atoms with E-state index in [-0.39, 0.29) is 6.04 Å². The topological polar surface area (TPSA) is 41.3 Å². The molecular weight excluding hydrogens is 226 g/mol. The number of piperidine rings is 1. The minimum absolute atomic E-state index is 0.219. The van der Waals surface area contributed by atoms with Crippen LogP contribution in [0, 0.1) is 6.92 Å². The van der Waals surface area contributed by atoms with Crippen LogP contribution in [0.25, 0.3) is 0 Å². The summed E-state index contributed by atoms with van der Waals surface area (Å²) >= 11 is 0. The zero-order chi connectivity index (χ0) is 12.5. The highest BCUT2D eigenvalue weighted by Crippen LogP contribution is 2.28. The van der Waals surface area contributed by atoms with E-state index in [1.54, 1.807) is 6.20 Å². The van der Waals surface area contributed by atoms with E-state index in [1.165, 1.54) is 38.8 Å². The molecule has 2 saturated heterocycles. The average molecular weight is 249 g/mol. The van der Waals surface area contributed by atoms with Crippen molar-refractivity contribution in [2.45, 2.75) is 57.7 Å². The molecule has 0 spiro atoms. The Balaban J connectivity index is 1.56. The van der Waals surface area contributed by atoms with Crippen LogP contribution in [0.1, 0.15) is 50.3 Å². The van der Waals surface area contributed by atoms with Gasteiger partial charge in [-0.15, -0.1) is 0 Å². The highest BCUT2D eigenvalue weighted by molar-refractivity contribution is 4.97. The zero-order valence-electron chi connectivity index (χ0n) is 11.4. The van der Waals surface area contributed by atoms with Crippen LogP contribution in [0.5, 0.6) is 0 Å². The van der Waals surface area contributed by atoms with Gasteiger partial charge in [0.05, 0.1) is 12.2 Å². The Hall–Kier alpha value is -0.870. The quantitative estimate of drug-likeness (QED) is 0.892. The molecule has 0 bridgehead atoms. The molecule has 100 valence electrons. The molecule has 3 unspecified atom stereocenters. The van der Waals surface area contributed by atoms with Crippen molar-refractivity contribution in [1.29, 1.82) is 0 Å². The van der Waals surface area contributed by atoms with Crippen molar-refractivity contribution in [3.63, 3.8) is 0 Å². The predicted molar refractivity (Wildman–Crippen MR) is 70.4 cm³/mol. The van der Waals surface area contributed by atoms with Crippen LogP contribution in [0.4, 0.5) is 0 Å². The van der Waals surface area contributed by atoms with Gasteiger partial charge in [-0.1, -0.05) is 0 Å². The number of rotatable bonds is 3. The number of oxazole rings is 1. The summed E-state index contributed by atoms with van der Waals surface area (Å²) in [7, 11) is 0. The zero-order valence-corrected chi connectivity index (χ0v) is 11.4. The molecule has 4 heteroatoms. The van der Waals surface area contributed by atoms with E-state index >= 15 is 0 Å². The molecule has 3 rings (SSSR count). The predicted octanol–water partition coefficient (Wildman–Crippen LogP) is 2.26. The van der Waals surface area contributed by atoms with Crippen molar-refractivity contribution < 1.29 is 4.42 Å². The summed E-state index contributed by atoms with van der Waals surface area (Å²) < 4.78 is 5.59. The molecule has 0 radical (unpaired) electrons. The molecule has 1 aromatic heterocycles. The first-order chi connectivity index (χ1) is 8.72. The summed E-state index contributed by atoms with van der Waals surface area (Å²) in [5.74, 6) is 1.71. The first-order valence-corrected chi connectivity index (χ1v) is 7.15. The molecule has 1 aromatic rings. The molecule has 4 nitrogen and oxygen atoms in total. The molecule has 2 aliphatic heterocycles. The maximum Gasteiger partial charge on any atom is 0.211 e. The van der Waals surface area contributed by atoms with Crippen molar-refractivity contribution >= 4 is 0 Å². The van der Waals surface area contributed by atoms with Gasteiger partial charge in [0.25, 0.3) is 0 Å². The summed E-state index contributed by atoms with van der Waals surface area (Å²) in [6.07, 6.45) is 7.09. The van der Waals surface area contributed by atoms with Gasteiger partial charge >= 0.3 is 0 Å². The van der Waals surface area contributed by atoms with E-state index in [1.807, 2.05) is 6.92 Å². The van der Waals surface area contributed by atoms with Gasteiger partial charge in [-0.05, 0) is 52.6 Å². The van der Waals surface area contributed by atoms with E-state index in [0.29, 0.717) is 6.04 Å². The Bertz CT molecular complexity index is 403. The van der Waals surface area contributed by atoms with Crippen LogP contribution >= 0.6 is 0 Å². The molecular formula is C14H23N3O. The Labute approximate surface area is 109 Å².